The Morgan fingerprint density at radius 1 is 1.45 bits per heavy atom. The van der Waals surface area contributed by atoms with Gasteiger partial charge in [0.05, 0.1) is 11.7 Å². The van der Waals surface area contributed by atoms with Gasteiger partial charge in [0.2, 0.25) is 0 Å². The lowest BCUT2D eigenvalue weighted by Gasteiger charge is -1.97. The number of nitrogens with zero attached hydrogens (tertiary/aromatic N) is 2. The van der Waals surface area contributed by atoms with Gasteiger partial charge in [-0.25, -0.2) is 4.98 Å². The number of aromatic hydroxyl groups is 1. The van der Waals surface area contributed by atoms with Crippen molar-refractivity contribution in [1.29, 1.82) is 0 Å². The fraction of sp³-hybridized carbons (Fsp3) is 0.125. The zero-order valence-electron chi connectivity index (χ0n) is 6.15. The Kier molecular flexibility index (Phi) is 1.12. The Bertz CT molecular complexity index is 392. The third-order valence-corrected chi connectivity index (χ3v) is 1.71. The molecule has 0 unspecified atom stereocenters. The van der Waals surface area contributed by atoms with Crippen molar-refractivity contribution in [3.05, 3.63) is 30.2 Å². The molecule has 0 saturated heterocycles. The van der Waals surface area contributed by atoms with Crippen LogP contribution in [0.1, 0.15) is 5.82 Å². The van der Waals surface area contributed by atoms with Crippen molar-refractivity contribution in [3.8, 4) is 5.88 Å². The highest BCUT2D eigenvalue weighted by Gasteiger charge is 2.00. The van der Waals surface area contributed by atoms with Crippen molar-refractivity contribution in [2.75, 3.05) is 0 Å². The number of fused-ring (bicyclic) bond motifs is 1. The minimum Gasteiger partial charge on any atom is -0.494 e. The first-order chi connectivity index (χ1) is 5.29. The topological polar surface area (TPSA) is 37.5 Å². The third kappa shape index (κ3) is 0.774. The fourth-order valence-corrected chi connectivity index (χ4v) is 1.18. The lowest BCUT2D eigenvalue weighted by atomic mass is 10.4. The van der Waals surface area contributed by atoms with Crippen LogP contribution in [-0.4, -0.2) is 14.5 Å². The van der Waals surface area contributed by atoms with Crippen LogP contribution in [0.25, 0.3) is 5.52 Å². The van der Waals surface area contributed by atoms with Gasteiger partial charge >= 0.3 is 0 Å². The maximum absolute atomic E-state index is 9.36. The highest BCUT2D eigenvalue weighted by atomic mass is 16.3. The van der Waals surface area contributed by atoms with Crippen molar-refractivity contribution in [2.24, 2.45) is 0 Å². The van der Waals surface area contributed by atoms with Crippen molar-refractivity contribution in [2.45, 2.75) is 6.92 Å². The summed E-state index contributed by atoms with van der Waals surface area (Å²) in [5, 5.41) is 9.36. The Morgan fingerprint density at radius 3 is 3.00 bits per heavy atom. The van der Waals surface area contributed by atoms with Crippen LogP contribution in [0, 0.1) is 6.92 Å². The average molecular weight is 148 g/mol. The molecule has 3 heteroatoms. The molecular weight excluding hydrogens is 140 g/mol. The Balaban J connectivity index is 2.96. The van der Waals surface area contributed by atoms with E-state index in [1.165, 1.54) is 0 Å². The second-order valence-electron chi connectivity index (χ2n) is 2.45. The van der Waals surface area contributed by atoms with Gasteiger partial charge in [0.25, 0.3) is 0 Å². The molecular formula is C8H8N2O. The number of aryl methyl sites for hydroxylation is 1. The summed E-state index contributed by atoms with van der Waals surface area (Å²) < 4.78 is 1.69. The van der Waals surface area contributed by atoms with Gasteiger partial charge in [0.1, 0.15) is 5.82 Å². The van der Waals surface area contributed by atoms with Crippen LogP contribution in [0.15, 0.2) is 24.4 Å². The van der Waals surface area contributed by atoms with E-state index in [9.17, 15) is 5.11 Å². The zero-order chi connectivity index (χ0) is 7.84. The number of hydrogen-bond donors (Lipinski definition) is 1. The maximum atomic E-state index is 9.36. The summed E-state index contributed by atoms with van der Waals surface area (Å²) in [5.41, 5.74) is 0.919. The summed E-state index contributed by atoms with van der Waals surface area (Å²) in [7, 11) is 0. The highest BCUT2D eigenvalue weighted by molar-refractivity contribution is 5.48. The molecule has 0 aliphatic rings. The zero-order valence-corrected chi connectivity index (χ0v) is 6.15. The van der Waals surface area contributed by atoms with Gasteiger partial charge in [-0.1, -0.05) is 6.07 Å². The molecule has 0 radical (unpaired) electrons. The number of hydrogen-bond acceptors (Lipinski definition) is 2. The van der Waals surface area contributed by atoms with E-state index in [4.69, 9.17) is 0 Å². The van der Waals surface area contributed by atoms with E-state index in [1.807, 2.05) is 13.0 Å². The fourth-order valence-electron chi connectivity index (χ4n) is 1.18. The van der Waals surface area contributed by atoms with Crippen LogP contribution in [0.5, 0.6) is 5.88 Å². The third-order valence-electron chi connectivity index (χ3n) is 1.71. The first-order valence-electron chi connectivity index (χ1n) is 3.41. The smallest absolute Gasteiger partial charge is 0.197 e. The van der Waals surface area contributed by atoms with Crippen LogP contribution >= 0.6 is 0 Å². The molecule has 0 atom stereocenters. The Labute approximate surface area is 63.9 Å². The van der Waals surface area contributed by atoms with Gasteiger partial charge in [0.15, 0.2) is 5.88 Å². The second kappa shape index (κ2) is 1.99. The van der Waals surface area contributed by atoms with Crippen LogP contribution in [0.2, 0.25) is 0 Å². The molecule has 2 heterocycles. The summed E-state index contributed by atoms with van der Waals surface area (Å²) in [5.74, 6) is 1.04. The summed E-state index contributed by atoms with van der Waals surface area (Å²) >= 11 is 0. The number of pyridine rings is 1. The van der Waals surface area contributed by atoms with Crippen molar-refractivity contribution < 1.29 is 5.11 Å². The van der Waals surface area contributed by atoms with Crippen molar-refractivity contribution in [3.63, 3.8) is 0 Å². The quantitative estimate of drug-likeness (QED) is 0.612. The average Bonchev–Trinajstić information content (AvgIpc) is 2.34. The molecule has 56 valence electrons. The molecule has 0 aliphatic heterocycles. The molecule has 2 aromatic heterocycles. The molecule has 2 aromatic rings. The predicted molar refractivity (Wildman–Crippen MR) is 41.6 cm³/mol. The molecule has 0 saturated carbocycles. The summed E-state index contributed by atoms with van der Waals surface area (Å²) in [6.45, 7) is 1.85. The second-order valence-corrected chi connectivity index (χ2v) is 2.45. The van der Waals surface area contributed by atoms with Crippen molar-refractivity contribution >= 4 is 5.52 Å². The van der Waals surface area contributed by atoms with E-state index in [2.05, 4.69) is 4.98 Å². The van der Waals surface area contributed by atoms with E-state index < -0.39 is 0 Å². The number of aromatic nitrogens is 2. The summed E-state index contributed by atoms with van der Waals surface area (Å²) in [6, 6.07) is 5.34. The Morgan fingerprint density at radius 2 is 2.27 bits per heavy atom. The largest absolute Gasteiger partial charge is 0.494 e. The molecule has 1 N–H and O–H groups in total. The first-order valence-corrected chi connectivity index (χ1v) is 3.41. The van der Waals surface area contributed by atoms with Crippen molar-refractivity contribution in [1.82, 2.24) is 9.38 Å². The SMILES string of the molecule is Cc1ncc2cccc(O)n12. The molecule has 0 fully saturated rings. The van der Waals surface area contributed by atoms with E-state index >= 15 is 0 Å². The van der Waals surface area contributed by atoms with Gasteiger partial charge in [-0.05, 0) is 19.1 Å². The minimum absolute atomic E-state index is 0.234. The van der Waals surface area contributed by atoms with Gasteiger partial charge in [-0.2, -0.15) is 0 Å². The van der Waals surface area contributed by atoms with Crippen LogP contribution in [-0.2, 0) is 0 Å². The lowest BCUT2D eigenvalue weighted by molar-refractivity contribution is 0.444. The normalized spacial score (nSPS) is 10.6. The highest BCUT2D eigenvalue weighted by Crippen LogP contribution is 2.14. The van der Waals surface area contributed by atoms with E-state index in [0.717, 1.165) is 11.3 Å². The van der Waals surface area contributed by atoms with Gasteiger partial charge in [0, 0.05) is 0 Å². The summed E-state index contributed by atoms with van der Waals surface area (Å²) in [4.78, 5) is 4.06. The monoisotopic (exact) mass is 148 g/mol. The lowest BCUT2D eigenvalue weighted by Crippen LogP contribution is -1.87. The minimum atomic E-state index is 0.234. The van der Waals surface area contributed by atoms with E-state index in [0.29, 0.717) is 0 Å². The predicted octanol–water partition coefficient (Wildman–Crippen LogP) is 1.35. The Hall–Kier alpha value is -1.51. The van der Waals surface area contributed by atoms with Gasteiger partial charge in [-0.15, -0.1) is 0 Å². The molecule has 0 amide bonds. The van der Waals surface area contributed by atoms with E-state index in [-0.39, 0.29) is 5.88 Å². The van der Waals surface area contributed by atoms with Gasteiger partial charge in [-0.3, -0.25) is 4.40 Å². The standard InChI is InChI=1S/C8H8N2O/c1-6-9-5-7-3-2-4-8(11)10(6)7/h2-5,11H,1H3. The van der Waals surface area contributed by atoms with Crippen LogP contribution in [0.4, 0.5) is 0 Å². The number of imidazole rings is 1. The van der Waals surface area contributed by atoms with Crippen LogP contribution in [0.3, 0.4) is 0 Å². The number of rotatable bonds is 0. The molecule has 3 nitrogen and oxygen atoms in total. The maximum Gasteiger partial charge on any atom is 0.197 e. The van der Waals surface area contributed by atoms with E-state index in [1.54, 1.807) is 22.7 Å². The molecule has 11 heavy (non-hydrogen) atoms. The molecule has 0 aliphatic carbocycles. The first kappa shape index (κ1) is 6.22. The molecule has 2 rings (SSSR count). The molecule has 0 bridgehead atoms. The van der Waals surface area contributed by atoms with Gasteiger partial charge < -0.3 is 5.11 Å². The molecule has 0 aromatic carbocycles. The molecule has 0 spiro atoms. The summed E-state index contributed by atoms with van der Waals surface area (Å²) in [6.07, 6.45) is 1.73. The van der Waals surface area contributed by atoms with Crippen LogP contribution < -0.4 is 0 Å².